The van der Waals surface area contributed by atoms with Crippen LogP contribution in [0.25, 0.3) is 0 Å². The third-order valence-corrected chi connectivity index (χ3v) is 7.79. The minimum Gasteiger partial charge on any atom is -0.379 e. The van der Waals surface area contributed by atoms with Crippen LogP contribution in [0.3, 0.4) is 0 Å². The monoisotopic (exact) mass is 533 g/mol. The lowest BCUT2D eigenvalue weighted by Crippen LogP contribution is -2.52. The number of ether oxygens (including phenoxy) is 1. The molecule has 0 aliphatic carbocycles. The van der Waals surface area contributed by atoms with Crippen LogP contribution in [0.2, 0.25) is 0 Å². The first-order valence-corrected chi connectivity index (χ1v) is 13.8. The summed E-state index contributed by atoms with van der Waals surface area (Å²) in [4.78, 5) is 25.7. The first-order chi connectivity index (χ1) is 18.8. The molecule has 5 rings (SSSR count). The van der Waals surface area contributed by atoms with Crippen LogP contribution >= 0.6 is 0 Å². The van der Waals surface area contributed by atoms with Crippen LogP contribution < -0.4 is 10.6 Å². The maximum Gasteiger partial charge on any atom is 0.272 e. The van der Waals surface area contributed by atoms with Gasteiger partial charge in [-0.2, -0.15) is 4.80 Å². The van der Waals surface area contributed by atoms with E-state index in [0.29, 0.717) is 50.4 Å². The lowest BCUT2D eigenvalue weighted by atomic mass is 9.87. The van der Waals surface area contributed by atoms with Crippen molar-refractivity contribution in [3.63, 3.8) is 0 Å². The van der Waals surface area contributed by atoms with Gasteiger partial charge in [-0.1, -0.05) is 45.0 Å². The van der Waals surface area contributed by atoms with Gasteiger partial charge in [-0.15, -0.1) is 10.2 Å². The fourth-order valence-electron chi connectivity index (χ4n) is 5.33. The number of rotatable bonds is 7. The minimum absolute atomic E-state index is 0.0203. The van der Waals surface area contributed by atoms with E-state index in [0.717, 1.165) is 30.4 Å². The van der Waals surface area contributed by atoms with Crippen molar-refractivity contribution in [1.29, 1.82) is 0 Å². The molecule has 0 radical (unpaired) electrons. The Morgan fingerprint density at radius 3 is 2.54 bits per heavy atom. The van der Waals surface area contributed by atoms with Crippen molar-refractivity contribution in [2.45, 2.75) is 77.0 Å². The summed E-state index contributed by atoms with van der Waals surface area (Å²) in [5.74, 6) is 0.652. The largest absolute Gasteiger partial charge is 0.379 e. The molecule has 11 heteroatoms. The Labute approximate surface area is 229 Å². The van der Waals surface area contributed by atoms with E-state index in [-0.39, 0.29) is 23.4 Å². The molecule has 1 aromatic carbocycles. The van der Waals surface area contributed by atoms with E-state index in [2.05, 4.69) is 81.0 Å². The number of hydrogen-bond acceptors (Lipinski definition) is 9. The zero-order valence-corrected chi connectivity index (χ0v) is 23.3. The van der Waals surface area contributed by atoms with Crippen molar-refractivity contribution in [3.8, 4) is 0 Å². The van der Waals surface area contributed by atoms with E-state index in [1.165, 1.54) is 18.2 Å². The summed E-state index contributed by atoms with van der Waals surface area (Å²) >= 11 is 0. The molecule has 0 saturated carbocycles. The van der Waals surface area contributed by atoms with Gasteiger partial charge < -0.3 is 20.3 Å². The fraction of sp³-hybridized carbons (Fsp3) is 0.571. The minimum atomic E-state index is -0.0401. The van der Waals surface area contributed by atoms with Gasteiger partial charge in [0.2, 0.25) is 0 Å². The van der Waals surface area contributed by atoms with Gasteiger partial charge in [0.15, 0.2) is 6.33 Å². The van der Waals surface area contributed by atoms with Gasteiger partial charge in [0, 0.05) is 43.9 Å². The number of carbonyl (C=O) groups excluding carboxylic acids is 1. The number of anilines is 1. The Kier molecular flexibility index (Phi) is 8.18. The fourth-order valence-corrected chi connectivity index (χ4v) is 5.33. The summed E-state index contributed by atoms with van der Waals surface area (Å²) < 4.78 is 5.66. The normalized spacial score (nSPS) is 20.7. The maximum atomic E-state index is 13.4. The van der Waals surface area contributed by atoms with Crippen LogP contribution in [-0.2, 0) is 16.7 Å². The van der Waals surface area contributed by atoms with E-state index < -0.39 is 0 Å². The number of benzene rings is 1. The molecule has 0 spiro atoms. The molecule has 0 bridgehead atoms. The Morgan fingerprint density at radius 2 is 1.85 bits per heavy atom. The van der Waals surface area contributed by atoms with E-state index in [1.807, 2.05) is 11.8 Å². The number of hydrogen-bond donors (Lipinski definition) is 2. The van der Waals surface area contributed by atoms with Gasteiger partial charge in [0.1, 0.15) is 23.9 Å². The van der Waals surface area contributed by atoms with Gasteiger partial charge in [0.25, 0.3) is 5.91 Å². The maximum absolute atomic E-state index is 13.4. The molecule has 2 aliphatic rings. The number of tetrazole rings is 1. The Hall–Kier alpha value is -3.44. The molecular weight excluding hydrogens is 494 g/mol. The van der Waals surface area contributed by atoms with E-state index >= 15 is 0 Å². The Morgan fingerprint density at radius 1 is 1.08 bits per heavy atom. The number of carbonyl (C=O) groups is 1. The summed E-state index contributed by atoms with van der Waals surface area (Å²) in [5.41, 5.74) is 3.83. The molecule has 2 fully saturated rings. The van der Waals surface area contributed by atoms with Gasteiger partial charge >= 0.3 is 0 Å². The molecule has 39 heavy (non-hydrogen) atoms. The van der Waals surface area contributed by atoms with Gasteiger partial charge in [0.05, 0.1) is 6.61 Å². The first kappa shape index (κ1) is 27.1. The average molecular weight is 534 g/mol. The van der Waals surface area contributed by atoms with Crippen LogP contribution in [0.15, 0.2) is 36.9 Å². The van der Waals surface area contributed by atoms with Crippen molar-refractivity contribution >= 4 is 11.7 Å². The highest BCUT2D eigenvalue weighted by Crippen LogP contribution is 2.24. The predicted octanol–water partition coefficient (Wildman–Crippen LogP) is 2.91. The third-order valence-electron chi connectivity index (χ3n) is 7.79. The second-order valence-electron chi connectivity index (χ2n) is 11.5. The van der Waals surface area contributed by atoms with Crippen molar-refractivity contribution in [2.24, 2.45) is 0 Å². The standard InChI is InChI=1S/C28H39N9O2/c1-19-25(30-17-31-26(19)29-15-20-5-7-21(8-6-20)28(2,3)4)27(38)36-12-9-22(10-13-36)34-23-11-14-39-16-24(23)37-33-18-32-35-37/h5-8,17-18,22-24,34H,9-16H2,1-4H3,(H,29,30,31). The quantitative estimate of drug-likeness (QED) is 0.472. The molecule has 2 aliphatic heterocycles. The molecule has 11 nitrogen and oxygen atoms in total. The summed E-state index contributed by atoms with van der Waals surface area (Å²) in [7, 11) is 0. The van der Waals surface area contributed by atoms with Gasteiger partial charge in [-0.05, 0) is 47.9 Å². The van der Waals surface area contributed by atoms with Crippen LogP contribution in [0.5, 0.6) is 0 Å². The van der Waals surface area contributed by atoms with Crippen LogP contribution in [0, 0.1) is 6.92 Å². The van der Waals surface area contributed by atoms with Crippen LogP contribution in [-0.4, -0.2) is 79.4 Å². The zero-order chi connectivity index (χ0) is 27.4. The lowest BCUT2D eigenvalue weighted by Gasteiger charge is -2.38. The van der Waals surface area contributed by atoms with Crippen molar-refractivity contribution in [1.82, 2.24) is 40.4 Å². The van der Waals surface area contributed by atoms with Crippen LogP contribution in [0.1, 0.15) is 73.3 Å². The number of nitrogens with zero attached hydrogens (tertiary/aromatic N) is 7. The second kappa shape index (κ2) is 11.7. The van der Waals surface area contributed by atoms with E-state index in [1.54, 1.807) is 4.80 Å². The summed E-state index contributed by atoms with van der Waals surface area (Å²) in [6.45, 7) is 11.8. The smallest absolute Gasteiger partial charge is 0.272 e. The van der Waals surface area contributed by atoms with E-state index in [9.17, 15) is 4.79 Å². The average Bonchev–Trinajstić information content (AvgIpc) is 3.48. The molecule has 3 aromatic rings. The zero-order valence-electron chi connectivity index (χ0n) is 23.3. The Balaban J connectivity index is 1.16. The molecule has 2 saturated heterocycles. The summed E-state index contributed by atoms with van der Waals surface area (Å²) in [6.07, 6.45) is 5.57. The van der Waals surface area contributed by atoms with E-state index in [4.69, 9.17) is 4.74 Å². The van der Waals surface area contributed by atoms with Crippen molar-refractivity contribution < 1.29 is 9.53 Å². The third kappa shape index (κ3) is 6.42. The predicted molar refractivity (Wildman–Crippen MR) is 147 cm³/mol. The molecule has 4 heterocycles. The first-order valence-electron chi connectivity index (χ1n) is 13.8. The lowest BCUT2D eigenvalue weighted by molar-refractivity contribution is 0.0206. The number of likely N-dealkylation sites (tertiary alicyclic amines) is 1. The highest BCUT2D eigenvalue weighted by atomic mass is 16.5. The molecule has 2 aromatic heterocycles. The van der Waals surface area contributed by atoms with Gasteiger partial charge in [-0.25, -0.2) is 9.97 Å². The van der Waals surface area contributed by atoms with Gasteiger partial charge in [-0.3, -0.25) is 4.79 Å². The highest BCUT2D eigenvalue weighted by molar-refractivity contribution is 5.94. The highest BCUT2D eigenvalue weighted by Gasteiger charge is 2.33. The number of piperidine rings is 1. The van der Waals surface area contributed by atoms with Crippen molar-refractivity contribution in [3.05, 3.63) is 59.3 Å². The molecule has 2 N–H and O–H groups in total. The topological polar surface area (TPSA) is 123 Å². The molecule has 1 amide bonds. The number of amides is 1. The molecule has 2 unspecified atom stereocenters. The van der Waals surface area contributed by atoms with Crippen LogP contribution in [0.4, 0.5) is 5.82 Å². The Bertz CT molecular complexity index is 1230. The second-order valence-corrected chi connectivity index (χ2v) is 11.5. The number of nitrogens with one attached hydrogen (secondary N) is 2. The molecular formula is C28H39N9O2. The number of aromatic nitrogens is 6. The summed E-state index contributed by atoms with van der Waals surface area (Å²) in [6, 6.07) is 9.17. The molecule has 208 valence electrons. The SMILES string of the molecule is Cc1c(NCc2ccc(C(C)(C)C)cc2)ncnc1C(=O)N1CCC(NC2CCOCC2n2ncnn2)CC1. The van der Waals surface area contributed by atoms with Crippen molar-refractivity contribution in [2.75, 3.05) is 31.6 Å². The summed E-state index contributed by atoms with van der Waals surface area (Å²) in [5, 5.41) is 19.3. The molecule has 2 atom stereocenters.